The maximum Gasteiger partial charge on any atom is 0.189 e. The third-order valence-corrected chi connectivity index (χ3v) is 1.96. The van der Waals surface area contributed by atoms with E-state index >= 15 is 0 Å². The molecule has 5 heteroatoms. The van der Waals surface area contributed by atoms with Crippen LogP contribution >= 0.6 is 0 Å². The van der Waals surface area contributed by atoms with Gasteiger partial charge in [-0.2, -0.15) is 0 Å². The summed E-state index contributed by atoms with van der Waals surface area (Å²) in [5.74, 6) is 1.24. The molecule has 0 atom stereocenters. The van der Waals surface area contributed by atoms with Gasteiger partial charge in [-0.25, -0.2) is 4.99 Å². The second kappa shape index (κ2) is 7.76. The fourth-order valence-electron chi connectivity index (χ4n) is 1.16. The molecule has 0 fully saturated rings. The van der Waals surface area contributed by atoms with Gasteiger partial charge in [-0.05, 0) is 25.5 Å². The van der Waals surface area contributed by atoms with Crippen molar-refractivity contribution in [3.05, 3.63) is 24.2 Å². The summed E-state index contributed by atoms with van der Waals surface area (Å²) in [6, 6.07) is 3.70. The predicted octanol–water partition coefficient (Wildman–Crippen LogP) is 1.11. The molecule has 0 aliphatic rings. The van der Waals surface area contributed by atoms with E-state index < -0.39 is 0 Å². The number of guanidine groups is 1. The van der Waals surface area contributed by atoms with E-state index in [1.54, 1.807) is 6.26 Å². The summed E-state index contributed by atoms with van der Waals surface area (Å²) in [5, 5.41) is 3.01. The lowest BCUT2D eigenvalue weighted by molar-refractivity contribution is 0.145. The van der Waals surface area contributed by atoms with E-state index in [0.29, 0.717) is 12.5 Å². The van der Waals surface area contributed by atoms with Gasteiger partial charge in [-0.1, -0.05) is 0 Å². The third kappa shape index (κ3) is 5.41. The van der Waals surface area contributed by atoms with Gasteiger partial charge in [0.1, 0.15) is 12.3 Å². The Morgan fingerprint density at radius 2 is 2.50 bits per heavy atom. The van der Waals surface area contributed by atoms with E-state index in [0.717, 1.165) is 31.9 Å². The highest BCUT2D eigenvalue weighted by Gasteiger charge is 1.94. The average Bonchev–Trinajstić information content (AvgIpc) is 2.79. The van der Waals surface area contributed by atoms with Crippen LogP contribution < -0.4 is 11.1 Å². The first-order chi connectivity index (χ1) is 7.83. The topological polar surface area (TPSA) is 72.8 Å². The first kappa shape index (κ1) is 12.6. The SMILES string of the molecule is CCOCCCNC(N)=NCc1ccco1. The molecule has 1 aromatic heterocycles. The molecule has 0 aromatic carbocycles. The molecule has 0 aliphatic heterocycles. The first-order valence-electron chi connectivity index (χ1n) is 5.47. The van der Waals surface area contributed by atoms with Crippen LogP contribution in [0.25, 0.3) is 0 Å². The number of aliphatic imine (C=N–C) groups is 1. The van der Waals surface area contributed by atoms with Crippen molar-refractivity contribution in [3.63, 3.8) is 0 Å². The quantitative estimate of drug-likeness (QED) is 0.414. The van der Waals surface area contributed by atoms with Crippen molar-refractivity contribution in [1.82, 2.24) is 5.32 Å². The summed E-state index contributed by atoms with van der Waals surface area (Å²) < 4.78 is 10.3. The van der Waals surface area contributed by atoms with Crippen LogP contribution in [0.1, 0.15) is 19.1 Å². The highest BCUT2D eigenvalue weighted by molar-refractivity contribution is 5.77. The lowest BCUT2D eigenvalue weighted by Gasteiger charge is -2.04. The molecule has 0 radical (unpaired) electrons. The fraction of sp³-hybridized carbons (Fsp3) is 0.545. The van der Waals surface area contributed by atoms with Gasteiger partial charge < -0.3 is 20.2 Å². The number of rotatable bonds is 7. The Morgan fingerprint density at radius 3 is 3.19 bits per heavy atom. The molecule has 0 amide bonds. The van der Waals surface area contributed by atoms with E-state index in [2.05, 4.69) is 10.3 Å². The Labute approximate surface area is 95.7 Å². The minimum absolute atomic E-state index is 0.438. The fourth-order valence-corrected chi connectivity index (χ4v) is 1.16. The molecule has 0 saturated heterocycles. The van der Waals surface area contributed by atoms with E-state index in [4.69, 9.17) is 14.9 Å². The largest absolute Gasteiger partial charge is 0.467 e. The smallest absolute Gasteiger partial charge is 0.189 e. The minimum Gasteiger partial charge on any atom is -0.467 e. The van der Waals surface area contributed by atoms with Gasteiger partial charge in [-0.15, -0.1) is 0 Å². The summed E-state index contributed by atoms with van der Waals surface area (Å²) in [4.78, 5) is 4.13. The van der Waals surface area contributed by atoms with Crippen LogP contribution in [0.4, 0.5) is 0 Å². The van der Waals surface area contributed by atoms with Crippen LogP contribution in [0, 0.1) is 0 Å². The normalized spacial score (nSPS) is 11.7. The van der Waals surface area contributed by atoms with Crippen molar-refractivity contribution < 1.29 is 9.15 Å². The maximum atomic E-state index is 5.66. The highest BCUT2D eigenvalue weighted by Crippen LogP contribution is 2.00. The molecule has 1 heterocycles. The zero-order valence-corrected chi connectivity index (χ0v) is 9.61. The number of ether oxygens (including phenoxy) is 1. The van der Waals surface area contributed by atoms with Crippen molar-refractivity contribution in [2.75, 3.05) is 19.8 Å². The highest BCUT2D eigenvalue weighted by atomic mass is 16.5. The van der Waals surface area contributed by atoms with Gasteiger partial charge >= 0.3 is 0 Å². The number of nitrogens with zero attached hydrogens (tertiary/aromatic N) is 1. The Morgan fingerprint density at radius 1 is 1.62 bits per heavy atom. The van der Waals surface area contributed by atoms with Crippen molar-refractivity contribution in [3.8, 4) is 0 Å². The summed E-state index contributed by atoms with van der Waals surface area (Å²) in [7, 11) is 0. The molecular formula is C11H19N3O2. The standard InChI is InChI=1S/C11H19N3O2/c1-2-15-7-4-6-13-11(12)14-9-10-5-3-8-16-10/h3,5,8H,2,4,6-7,9H2,1H3,(H3,12,13,14). The number of nitrogens with one attached hydrogen (secondary N) is 1. The zero-order valence-electron chi connectivity index (χ0n) is 9.61. The lowest BCUT2D eigenvalue weighted by Crippen LogP contribution is -2.32. The van der Waals surface area contributed by atoms with Gasteiger partial charge in [-0.3, -0.25) is 0 Å². The number of hydrogen-bond donors (Lipinski definition) is 2. The molecular weight excluding hydrogens is 206 g/mol. The van der Waals surface area contributed by atoms with Crippen molar-refractivity contribution >= 4 is 5.96 Å². The van der Waals surface area contributed by atoms with Gasteiger partial charge in [0.15, 0.2) is 5.96 Å². The summed E-state index contributed by atoms with van der Waals surface area (Å²) >= 11 is 0. The van der Waals surface area contributed by atoms with Gasteiger partial charge in [0.25, 0.3) is 0 Å². The molecule has 0 spiro atoms. The molecule has 5 nitrogen and oxygen atoms in total. The Bertz CT molecular complexity index is 296. The number of nitrogens with two attached hydrogens (primary N) is 1. The van der Waals surface area contributed by atoms with Gasteiger partial charge in [0.05, 0.1) is 6.26 Å². The summed E-state index contributed by atoms with van der Waals surface area (Å²) in [6.07, 6.45) is 2.54. The second-order valence-corrected chi connectivity index (χ2v) is 3.26. The Hall–Kier alpha value is -1.49. The van der Waals surface area contributed by atoms with Crippen LogP contribution in [0.3, 0.4) is 0 Å². The molecule has 16 heavy (non-hydrogen) atoms. The Kier molecular flexibility index (Phi) is 6.10. The van der Waals surface area contributed by atoms with Crippen molar-refractivity contribution in [2.24, 2.45) is 10.7 Å². The van der Waals surface area contributed by atoms with Crippen molar-refractivity contribution in [1.29, 1.82) is 0 Å². The van der Waals surface area contributed by atoms with Crippen LogP contribution in [0.5, 0.6) is 0 Å². The van der Waals surface area contributed by atoms with E-state index in [9.17, 15) is 0 Å². The van der Waals surface area contributed by atoms with Crippen molar-refractivity contribution in [2.45, 2.75) is 19.9 Å². The number of hydrogen-bond acceptors (Lipinski definition) is 3. The predicted molar refractivity (Wildman–Crippen MR) is 63.1 cm³/mol. The molecule has 0 unspecified atom stereocenters. The van der Waals surface area contributed by atoms with Gasteiger partial charge in [0.2, 0.25) is 0 Å². The van der Waals surface area contributed by atoms with Crippen LogP contribution in [0.2, 0.25) is 0 Å². The average molecular weight is 225 g/mol. The third-order valence-electron chi connectivity index (χ3n) is 1.96. The molecule has 90 valence electrons. The van der Waals surface area contributed by atoms with Crippen LogP contribution in [-0.2, 0) is 11.3 Å². The van der Waals surface area contributed by atoms with Crippen LogP contribution in [0.15, 0.2) is 27.8 Å². The molecule has 1 rings (SSSR count). The van der Waals surface area contributed by atoms with E-state index in [-0.39, 0.29) is 0 Å². The zero-order chi connectivity index (χ0) is 11.6. The molecule has 0 saturated carbocycles. The summed E-state index contributed by atoms with van der Waals surface area (Å²) in [6.45, 7) is 4.72. The molecule has 3 N–H and O–H groups in total. The monoisotopic (exact) mass is 225 g/mol. The lowest BCUT2D eigenvalue weighted by atomic mass is 10.4. The van der Waals surface area contributed by atoms with Crippen LogP contribution in [-0.4, -0.2) is 25.7 Å². The van der Waals surface area contributed by atoms with E-state index in [1.807, 2.05) is 19.1 Å². The maximum absolute atomic E-state index is 5.66. The van der Waals surface area contributed by atoms with E-state index in [1.165, 1.54) is 0 Å². The molecule has 0 aliphatic carbocycles. The van der Waals surface area contributed by atoms with Gasteiger partial charge in [0, 0.05) is 19.8 Å². The number of furan rings is 1. The minimum atomic E-state index is 0.438. The summed E-state index contributed by atoms with van der Waals surface area (Å²) in [5.41, 5.74) is 5.66. The molecule has 0 bridgehead atoms. The Balaban J connectivity index is 2.09. The second-order valence-electron chi connectivity index (χ2n) is 3.26. The molecule has 1 aromatic rings. The first-order valence-corrected chi connectivity index (χ1v) is 5.47.